The molecule has 3 rings (SSSR count). The van der Waals surface area contributed by atoms with Crippen molar-refractivity contribution >= 4 is 5.82 Å². The Kier molecular flexibility index (Phi) is 2.40. The van der Waals surface area contributed by atoms with Crippen LogP contribution in [0.15, 0.2) is 35.3 Å². The highest BCUT2D eigenvalue weighted by molar-refractivity contribution is 5.34. The summed E-state index contributed by atoms with van der Waals surface area (Å²) in [6.45, 7) is 1.83. The second-order valence-corrected chi connectivity index (χ2v) is 4.33. The molecule has 0 aromatic carbocycles. The van der Waals surface area contributed by atoms with Crippen LogP contribution in [0.25, 0.3) is 0 Å². The Bertz CT molecular complexity index is 443. The molecule has 4 heteroatoms. The van der Waals surface area contributed by atoms with Gasteiger partial charge in [0, 0.05) is 24.7 Å². The van der Waals surface area contributed by atoms with Crippen LogP contribution in [0.2, 0.25) is 0 Å². The summed E-state index contributed by atoms with van der Waals surface area (Å²) in [7, 11) is 0. The second kappa shape index (κ2) is 4.04. The van der Waals surface area contributed by atoms with Crippen LogP contribution in [-0.2, 0) is 13.1 Å². The largest absolute Gasteiger partial charge is 0.472 e. The van der Waals surface area contributed by atoms with Crippen LogP contribution < -0.4 is 5.32 Å². The molecule has 2 aromatic heterocycles. The van der Waals surface area contributed by atoms with E-state index in [9.17, 15) is 0 Å². The van der Waals surface area contributed by atoms with Crippen LogP contribution in [0.5, 0.6) is 0 Å². The zero-order valence-electron chi connectivity index (χ0n) is 9.10. The quantitative estimate of drug-likeness (QED) is 0.836. The lowest BCUT2D eigenvalue weighted by atomic mass is 10.3. The average molecular weight is 217 g/mol. The van der Waals surface area contributed by atoms with Gasteiger partial charge < -0.3 is 9.73 Å². The first-order valence-electron chi connectivity index (χ1n) is 5.68. The van der Waals surface area contributed by atoms with E-state index in [1.165, 1.54) is 12.8 Å². The lowest BCUT2D eigenvalue weighted by molar-refractivity contribution is 0.562. The van der Waals surface area contributed by atoms with Crippen molar-refractivity contribution in [2.75, 3.05) is 5.32 Å². The minimum absolute atomic E-state index is 0.785. The predicted molar refractivity (Wildman–Crippen MR) is 61.0 cm³/mol. The first-order valence-corrected chi connectivity index (χ1v) is 5.68. The highest BCUT2D eigenvalue weighted by Gasteiger charge is 2.22. The van der Waals surface area contributed by atoms with Gasteiger partial charge >= 0.3 is 0 Å². The Morgan fingerprint density at radius 1 is 1.44 bits per heavy atom. The van der Waals surface area contributed by atoms with E-state index in [2.05, 4.69) is 15.1 Å². The normalized spacial score (nSPS) is 15.2. The molecule has 0 atom stereocenters. The molecule has 1 fully saturated rings. The first kappa shape index (κ1) is 9.51. The molecule has 0 radical (unpaired) electrons. The Morgan fingerprint density at radius 2 is 2.38 bits per heavy atom. The van der Waals surface area contributed by atoms with Crippen molar-refractivity contribution in [2.45, 2.75) is 25.9 Å². The van der Waals surface area contributed by atoms with Crippen LogP contribution in [0.4, 0.5) is 5.82 Å². The van der Waals surface area contributed by atoms with E-state index in [-0.39, 0.29) is 0 Å². The summed E-state index contributed by atoms with van der Waals surface area (Å²) in [4.78, 5) is 0. The minimum Gasteiger partial charge on any atom is -0.472 e. The number of hydrogen-bond donors (Lipinski definition) is 1. The van der Waals surface area contributed by atoms with Crippen LogP contribution in [-0.4, -0.2) is 9.78 Å². The lowest BCUT2D eigenvalue weighted by Crippen LogP contribution is -2.08. The summed E-state index contributed by atoms with van der Waals surface area (Å²) in [6.07, 6.45) is 8.00. The number of nitrogens with zero attached hydrogens (tertiary/aromatic N) is 2. The summed E-state index contributed by atoms with van der Waals surface area (Å²) in [5.41, 5.74) is 1.15. The van der Waals surface area contributed by atoms with E-state index >= 15 is 0 Å². The SMILES string of the molecule is c1cc(NCc2ccoc2)n(CC2CC2)n1. The topological polar surface area (TPSA) is 43.0 Å². The predicted octanol–water partition coefficient (Wildman–Crippen LogP) is 2.50. The van der Waals surface area contributed by atoms with Gasteiger partial charge in [0.25, 0.3) is 0 Å². The highest BCUT2D eigenvalue weighted by Crippen LogP contribution is 2.31. The van der Waals surface area contributed by atoms with E-state index in [4.69, 9.17) is 4.42 Å². The third-order valence-electron chi connectivity index (χ3n) is 2.90. The molecule has 1 N–H and O–H groups in total. The van der Waals surface area contributed by atoms with E-state index in [1.807, 2.05) is 18.3 Å². The fourth-order valence-corrected chi connectivity index (χ4v) is 1.76. The molecule has 4 nitrogen and oxygen atoms in total. The zero-order valence-corrected chi connectivity index (χ0v) is 9.10. The summed E-state index contributed by atoms with van der Waals surface area (Å²) in [5.74, 6) is 1.93. The number of anilines is 1. The number of rotatable bonds is 5. The summed E-state index contributed by atoms with van der Waals surface area (Å²) in [5, 5.41) is 7.70. The van der Waals surface area contributed by atoms with Gasteiger partial charge in [0.2, 0.25) is 0 Å². The zero-order chi connectivity index (χ0) is 10.8. The van der Waals surface area contributed by atoms with Crippen LogP contribution in [0.3, 0.4) is 0 Å². The summed E-state index contributed by atoms with van der Waals surface area (Å²) < 4.78 is 7.08. The highest BCUT2D eigenvalue weighted by atomic mass is 16.3. The van der Waals surface area contributed by atoms with Gasteiger partial charge in [-0.05, 0) is 24.8 Å². The Balaban J connectivity index is 1.62. The number of hydrogen-bond acceptors (Lipinski definition) is 3. The fraction of sp³-hybridized carbons (Fsp3) is 0.417. The molecule has 2 aromatic rings. The van der Waals surface area contributed by atoms with Crippen molar-refractivity contribution in [2.24, 2.45) is 5.92 Å². The molecule has 0 unspecified atom stereocenters. The van der Waals surface area contributed by atoms with Crippen LogP contribution in [0.1, 0.15) is 18.4 Å². The van der Waals surface area contributed by atoms with Crippen molar-refractivity contribution < 1.29 is 4.42 Å². The van der Waals surface area contributed by atoms with Crippen molar-refractivity contribution in [1.82, 2.24) is 9.78 Å². The van der Waals surface area contributed by atoms with E-state index in [0.29, 0.717) is 0 Å². The average Bonchev–Trinajstić information content (AvgIpc) is 2.80. The molecule has 1 saturated carbocycles. The van der Waals surface area contributed by atoms with Gasteiger partial charge in [-0.25, -0.2) is 4.68 Å². The molecule has 0 bridgehead atoms. The second-order valence-electron chi connectivity index (χ2n) is 4.33. The maximum Gasteiger partial charge on any atom is 0.124 e. The van der Waals surface area contributed by atoms with Crippen molar-refractivity contribution in [3.8, 4) is 0 Å². The van der Waals surface area contributed by atoms with Gasteiger partial charge in [-0.2, -0.15) is 5.10 Å². The van der Waals surface area contributed by atoms with Gasteiger partial charge in [0.15, 0.2) is 0 Å². The fourth-order valence-electron chi connectivity index (χ4n) is 1.76. The summed E-state index contributed by atoms with van der Waals surface area (Å²) in [6, 6.07) is 3.98. The Labute approximate surface area is 94.3 Å². The molecular weight excluding hydrogens is 202 g/mol. The summed E-state index contributed by atoms with van der Waals surface area (Å²) >= 11 is 0. The molecule has 0 spiro atoms. The minimum atomic E-state index is 0.785. The molecule has 16 heavy (non-hydrogen) atoms. The lowest BCUT2D eigenvalue weighted by Gasteiger charge is -2.08. The van der Waals surface area contributed by atoms with E-state index in [1.54, 1.807) is 12.5 Å². The first-order chi connectivity index (χ1) is 7.92. The number of furan rings is 1. The third kappa shape index (κ3) is 2.10. The van der Waals surface area contributed by atoms with Crippen LogP contribution >= 0.6 is 0 Å². The van der Waals surface area contributed by atoms with Crippen molar-refractivity contribution in [3.05, 3.63) is 36.4 Å². The molecule has 0 aliphatic heterocycles. The van der Waals surface area contributed by atoms with Gasteiger partial charge in [-0.15, -0.1) is 0 Å². The number of nitrogens with one attached hydrogen (secondary N) is 1. The third-order valence-corrected chi connectivity index (χ3v) is 2.90. The van der Waals surface area contributed by atoms with Crippen molar-refractivity contribution in [3.63, 3.8) is 0 Å². The molecule has 1 aliphatic rings. The van der Waals surface area contributed by atoms with E-state index in [0.717, 1.165) is 30.4 Å². The molecule has 0 saturated heterocycles. The van der Waals surface area contributed by atoms with Gasteiger partial charge in [0.05, 0.1) is 18.7 Å². The smallest absolute Gasteiger partial charge is 0.124 e. The molecular formula is C12H15N3O. The standard InChI is InChI=1S/C12H15N3O/c1-2-10(1)8-15-12(3-5-14-15)13-7-11-4-6-16-9-11/h3-6,9-10,13H,1-2,7-8H2. The maximum atomic E-state index is 5.03. The maximum absolute atomic E-state index is 5.03. The molecule has 1 aliphatic carbocycles. The molecule has 2 heterocycles. The van der Waals surface area contributed by atoms with Gasteiger partial charge in [-0.1, -0.05) is 0 Å². The molecule has 84 valence electrons. The monoisotopic (exact) mass is 217 g/mol. The van der Waals surface area contributed by atoms with Crippen LogP contribution in [0, 0.1) is 5.92 Å². The number of aromatic nitrogens is 2. The van der Waals surface area contributed by atoms with Gasteiger partial charge in [-0.3, -0.25) is 0 Å². The van der Waals surface area contributed by atoms with Crippen molar-refractivity contribution in [1.29, 1.82) is 0 Å². The van der Waals surface area contributed by atoms with E-state index < -0.39 is 0 Å². The Hall–Kier alpha value is -1.71. The molecule has 0 amide bonds. The Morgan fingerprint density at radius 3 is 3.12 bits per heavy atom. The van der Waals surface area contributed by atoms with Gasteiger partial charge in [0.1, 0.15) is 5.82 Å².